The van der Waals surface area contributed by atoms with Crippen LogP contribution in [0.4, 0.5) is 0 Å². The maximum absolute atomic E-state index is 4.40. The van der Waals surface area contributed by atoms with E-state index in [0.717, 1.165) is 13.1 Å². The highest BCUT2D eigenvalue weighted by atomic mass is 14.8. The molecule has 0 unspecified atom stereocenters. The second-order valence-corrected chi connectivity index (χ2v) is 2.73. The molecule has 0 aromatic carbocycles. The molecule has 60 valence electrons. The molecule has 0 aliphatic rings. The van der Waals surface area contributed by atoms with E-state index in [-0.39, 0.29) is 0 Å². The Hall–Kier alpha value is -0.0400. The summed E-state index contributed by atoms with van der Waals surface area (Å²) in [5.74, 6) is 0. The molecule has 0 N–H and O–H groups in total. The summed E-state index contributed by atoms with van der Waals surface area (Å²) >= 11 is 0. The van der Waals surface area contributed by atoms with E-state index in [1.54, 1.807) is 0 Å². The van der Waals surface area contributed by atoms with Crippen LogP contribution in [0.25, 0.3) is 0 Å². The minimum atomic E-state index is 1.08. The van der Waals surface area contributed by atoms with Crippen molar-refractivity contribution in [3.05, 3.63) is 0 Å². The summed E-state index contributed by atoms with van der Waals surface area (Å²) in [5, 5.41) is 4.40. The minimum absolute atomic E-state index is 1.08. The van der Waals surface area contributed by atoms with Gasteiger partial charge in [0.05, 0.1) is 5.32 Å². The molecule has 10 heavy (non-hydrogen) atoms. The molecule has 0 rings (SSSR count). The third-order valence-electron chi connectivity index (χ3n) is 1.59. The first-order valence-electron chi connectivity index (χ1n) is 4.55. The van der Waals surface area contributed by atoms with Gasteiger partial charge in [0.1, 0.15) is 0 Å². The van der Waals surface area contributed by atoms with E-state index in [1.807, 2.05) is 0 Å². The minimum Gasteiger partial charge on any atom is -0.0654 e. The van der Waals surface area contributed by atoms with E-state index in [4.69, 9.17) is 0 Å². The summed E-state index contributed by atoms with van der Waals surface area (Å²) in [6.07, 6.45) is 6.49. The number of rotatable bonds is 7. The Balaban J connectivity index is 2.65. The fraction of sp³-hybridized carbons (Fsp3) is 1.00. The first-order valence-corrected chi connectivity index (χ1v) is 4.55. The number of hydrogen-bond acceptors (Lipinski definition) is 0. The SMILES string of the molecule is CCCCC[N+]CCCC. The van der Waals surface area contributed by atoms with Gasteiger partial charge in [-0.25, -0.2) is 0 Å². The Morgan fingerprint density at radius 3 is 2.00 bits per heavy atom. The van der Waals surface area contributed by atoms with Gasteiger partial charge in [-0.3, -0.25) is 0 Å². The summed E-state index contributed by atoms with van der Waals surface area (Å²) in [7, 11) is 0. The highest BCUT2D eigenvalue weighted by molar-refractivity contribution is 4.46. The van der Waals surface area contributed by atoms with Crippen molar-refractivity contribution in [2.24, 2.45) is 0 Å². The smallest absolute Gasteiger partial charge is 0.0654 e. The van der Waals surface area contributed by atoms with Crippen molar-refractivity contribution < 1.29 is 0 Å². The van der Waals surface area contributed by atoms with Crippen LogP contribution >= 0.6 is 0 Å². The standard InChI is InChI=1S/C9H20N/c1-3-5-7-9-10-8-6-4-2/h3-9H2,1-2H3/q+1. The number of hydrogen-bond donors (Lipinski definition) is 0. The van der Waals surface area contributed by atoms with Gasteiger partial charge in [-0.05, 0) is 6.42 Å². The van der Waals surface area contributed by atoms with Crippen molar-refractivity contribution in [3.63, 3.8) is 0 Å². The molecular formula is C9H20N+. The summed E-state index contributed by atoms with van der Waals surface area (Å²) in [4.78, 5) is 0. The average molecular weight is 142 g/mol. The lowest BCUT2D eigenvalue weighted by atomic mass is 10.2. The zero-order valence-electron chi connectivity index (χ0n) is 7.40. The maximum atomic E-state index is 4.40. The zero-order chi connectivity index (χ0) is 7.66. The molecule has 0 aromatic heterocycles. The predicted molar refractivity (Wildman–Crippen MR) is 46.3 cm³/mol. The van der Waals surface area contributed by atoms with Crippen LogP contribution in [0.2, 0.25) is 0 Å². The molecule has 0 aliphatic heterocycles. The molecule has 0 bridgehead atoms. The van der Waals surface area contributed by atoms with Crippen LogP contribution < -0.4 is 5.32 Å². The molecule has 0 amide bonds. The molecule has 0 atom stereocenters. The van der Waals surface area contributed by atoms with Gasteiger partial charge < -0.3 is 0 Å². The molecule has 0 spiro atoms. The van der Waals surface area contributed by atoms with Crippen molar-refractivity contribution in [1.29, 1.82) is 0 Å². The van der Waals surface area contributed by atoms with Crippen LogP contribution in [-0.4, -0.2) is 13.1 Å². The van der Waals surface area contributed by atoms with Gasteiger partial charge in [-0.2, -0.15) is 0 Å². The van der Waals surface area contributed by atoms with Gasteiger partial charge in [0, 0.05) is 12.8 Å². The van der Waals surface area contributed by atoms with E-state index >= 15 is 0 Å². The fourth-order valence-corrected chi connectivity index (χ4v) is 0.855. The lowest BCUT2D eigenvalue weighted by Crippen LogP contribution is -2.07. The molecule has 0 saturated heterocycles. The van der Waals surface area contributed by atoms with Crippen LogP contribution in [0, 0.1) is 0 Å². The molecule has 0 fully saturated rings. The third kappa shape index (κ3) is 7.96. The van der Waals surface area contributed by atoms with Gasteiger partial charge in [0.2, 0.25) is 0 Å². The highest BCUT2D eigenvalue weighted by Crippen LogP contribution is 1.92. The van der Waals surface area contributed by atoms with E-state index in [0.29, 0.717) is 0 Å². The third-order valence-corrected chi connectivity index (χ3v) is 1.59. The van der Waals surface area contributed by atoms with Crippen molar-refractivity contribution in [1.82, 2.24) is 5.32 Å². The van der Waals surface area contributed by atoms with Crippen molar-refractivity contribution in [2.75, 3.05) is 13.1 Å². The second-order valence-electron chi connectivity index (χ2n) is 2.73. The Labute approximate surface area is 65.2 Å². The number of nitrogens with zero attached hydrogens (tertiary/aromatic N) is 1. The monoisotopic (exact) mass is 142 g/mol. The zero-order valence-corrected chi connectivity index (χ0v) is 7.40. The summed E-state index contributed by atoms with van der Waals surface area (Å²) < 4.78 is 0. The largest absolute Gasteiger partial charge is 0.183 e. The Morgan fingerprint density at radius 2 is 1.40 bits per heavy atom. The molecule has 0 heterocycles. The van der Waals surface area contributed by atoms with Crippen LogP contribution in [0.1, 0.15) is 46.0 Å². The van der Waals surface area contributed by atoms with Gasteiger partial charge in [0.25, 0.3) is 0 Å². The fourth-order valence-electron chi connectivity index (χ4n) is 0.855. The van der Waals surface area contributed by atoms with Crippen molar-refractivity contribution >= 4 is 0 Å². The molecule has 0 saturated carbocycles. The quantitative estimate of drug-likeness (QED) is 0.485. The lowest BCUT2D eigenvalue weighted by Gasteiger charge is -1.87. The predicted octanol–water partition coefficient (Wildman–Crippen LogP) is 2.58. The normalized spacial score (nSPS) is 10.2. The molecule has 0 aliphatic carbocycles. The maximum Gasteiger partial charge on any atom is 0.183 e. The molecular weight excluding hydrogens is 122 g/mol. The molecule has 1 heteroatoms. The van der Waals surface area contributed by atoms with Gasteiger partial charge in [0.15, 0.2) is 13.1 Å². The first-order chi connectivity index (χ1) is 4.91. The van der Waals surface area contributed by atoms with E-state index in [9.17, 15) is 0 Å². The molecule has 1 nitrogen and oxygen atoms in total. The Bertz CT molecular complexity index is 44.7. The van der Waals surface area contributed by atoms with Gasteiger partial charge >= 0.3 is 0 Å². The van der Waals surface area contributed by atoms with E-state index in [2.05, 4.69) is 19.2 Å². The average Bonchev–Trinajstić information content (AvgIpc) is 1.97. The molecule has 2 radical (unpaired) electrons. The lowest BCUT2D eigenvalue weighted by molar-refractivity contribution is 0.586. The highest BCUT2D eigenvalue weighted by Gasteiger charge is 1.99. The van der Waals surface area contributed by atoms with Crippen LogP contribution in [0.3, 0.4) is 0 Å². The summed E-state index contributed by atoms with van der Waals surface area (Å²) in [6.45, 7) is 6.61. The van der Waals surface area contributed by atoms with Crippen LogP contribution in [0.5, 0.6) is 0 Å². The van der Waals surface area contributed by atoms with E-state index < -0.39 is 0 Å². The molecule has 0 aromatic rings. The Kier molecular flexibility index (Phi) is 8.92. The summed E-state index contributed by atoms with van der Waals surface area (Å²) in [6, 6.07) is 0. The van der Waals surface area contributed by atoms with Crippen LogP contribution in [-0.2, 0) is 0 Å². The number of unbranched alkanes of at least 4 members (excludes halogenated alkanes) is 3. The van der Waals surface area contributed by atoms with Gasteiger partial charge in [-0.15, -0.1) is 0 Å². The van der Waals surface area contributed by atoms with Crippen molar-refractivity contribution in [2.45, 2.75) is 46.0 Å². The van der Waals surface area contributed by atoms with Crippen LogP contribution in [0.15, 0.2) is 0 Å². The first kappa shape index (κ1) is 9.96. The van der Waals surface area contributed by atoms with Gasteiger partial charge in [-0.1, -0.05) is 26.7 Å². The topological polar surface area (TPSA) is 14.1 Å². The summed E-state index contributed by atoms with van der Waals surface area (Å²) in [5.41, 5.74) is 0. The van der Waals surface area contributed by atoms with Crippen molar-refractivity contribution in [3.8, 4) is 0 Å². The second kappa shape index (κ2) is 8.96. The Morgan fingerprint density at radius 1 is 0.800 bits per heavy atom. The van der Waals surface area contributed by atoms with E-state index in [1.165, 1.54) is 32.1 Å².